The van der Waals surface area contributed by atoms with Crippen LogP contribution in [-0.2, 0) is 10.8 Å². The third-order valence-electron chi connectivity index (χ3n) is 19.7. The van der Waals surface area contributed by atoms with Crippen LogP contribution < -0.4 is 4.90 Å². The highest BCUT2D eigenvalue weighted by atomic mass is 15.1. The topological polar surface area (TPSA) is 3.24 Å². The van der Waals surface area contributed by atoms with Gasteiger partial charge in [0.2, 0.25) is 0 Å². The van der Waals surface area contributed by atoms with Crippen molar-refractivity contribution in [2.75, 3.05) is 4.90 Å². The molecular weight excluding hydrogens is 855 g/mol. The highest BCUT2D eigenvalue weighted by molar-refractivity contribution is 6.03. The zero-order chi connectivity index (χ0) is 49.0. The van der Waals surface area contributed by atoms with Gasteiger partial charge < -0.3 is 4.90 Å². The van der Waals surface area contributed by atoms with E-state index in [-0.39, 0.29) is 5.41 Å². The molecule has 0 saturated heterocycles. The van der Waals surface area contributed by atoms with Crippen molar-refractivity contribution in [3.8, 4) is 44.5 Å². The molecule has 8 aromatic carbocycles. The Labute approximate surface area is 424 Å². The van der Waals surface area contributed by atoms with Crippen molar-refractivity contribution in [1.82, 2.24) is 0 Å². The zero-order valence-corrected chi connectivity index (χ0v) is 41.6. The average molecular weight is 922 g/mol. The molecule has 7 aliphatic rings. The SMILES string of the molecule is [2H]C1(c2ccc3c(c2)C2(c4cc(C5([2H])CCC6(CCCC6)C5)ccc4-3)c3ccccc3-c3c(N(c4ccc5c(c4)C(C)(C)c4ccccc4-5)c4ccccc4-c4ccccc4)cccc32)CCC2(CCCC2)C1. The first-order valence-electron chi connectivity index (χ1n) is 28.3. The second kappa shape index (κ2) is 15.5. The van der Waals surface area contributed by atoms with E-state index in [9.17, 15) is 2.74 Å². The minimum absolute atomic E-state index is 0.174. The van der Waals surface area contributed by atoms with Gasteiger partial charge in [-0.05, 0) is 189 Å². The van der Waals surface area contributed by atoms with Gasteiger partial charge in [-0.1, -0.05) is 191 Å². The summed E-state index contributed by atoms with van der Waals surface area (Å²) >= 11 is 0. The minimum Gasteiger partial charge on any atom is -0.309 e. The van der Waals surface area contributed by atoms with Crippen LogP contribution in [-0.4, -0.2) is 0 Å². The van der Waals surface area contributed by atoms with E-state index in [1.54, 1.807) is 0 Å². The molecule has 3 spiro atoms. The molecule has 0 amide bonds. The van der Waals surface area contributed by atoms with Gasteiger partial charge in [-0.3, -0.25) is 0 Å². The lowest BCUT2D eigenvalue weighted by atomic mass is 9.69. The van der Waals surface area contributed by atoms with E-state index in [1.807, 2.05) is 0 Å². The standard InChI is InChI=1S/C70H65N/c1-67(2)58-22-9-6-20-53(58)54-32-29-51(43-61(54)67)71(64-25-11-8-19-52(64)46-17-4-3-5-18-46)65-26-16-24-60-66(65)57-21-7-10-23-59(57)70(60)62-41-47(49-33-39-68(44-49)35-12-13-36-68)27-30-55(62)56-31-28-48(42-63(56)70)50-34-40-69(45-50)37-14-15-38-69/h3-11,16-32,41-43,49-50H,12-15,33-40,44-45H2,1-2H3/i49D,50D. The Morgan fingerprint density at radius 2 is 0.915 bits per heavy atom. The molecule has 1 heteroatoms. The van der Waals surface area contributed by atoms with Crippen molar-refractivity contribution in [2.24, 2.45) is 10.8 Å². The van der Waals surface area contributed by atoms with Gasteiger partial charge in [-0.25, -0.2) is 0 Å². The minimum atomic E-state index is -0.648. The van der Waals surface area contributed by atoms with Crippen LogP contribution in [0.4, 0.5) is 17.1 Å². The van der Waals surface area contributed by atoms with E-state index in [4.69, 9.17) is 0 Å². The van der Waals surface area contributed by atoms with Gasteiger partial charge in [-0.15, -0.1) is 0 Å². The third kappa shape index (κ3) is 6.05. The summed E-state index contributed by atoms with van der Waals surface area (Å²) in [7, 11) is 0. The van der Waals surface area contributed by atoms with Gasteiger partial charge in [0.1, 0.15) is 0 Å². The van der Waals surface area contributed by atoms with Crippen molar-refractivity contribution in [1.29, 1.82) is 0 Å². The summed E-state index contributed by atoms with van der Waals surface area (Å²) in [5.41, 5.74) is 23.7. The Morgan fingerprint density at radius 3 is 1.58 bits per heavy atom. The molecule has 1 nitrogen and oxygen atoms in total. The fourth-order valence-corrected chi connectivity index (χ4v) is 16.3. The van der Waals surface area contributed by atoms with Gasteiger partial charge >= 0.3 is 0 Å². The molecule has 0 heterocycles. The van der Waals surface area contributed by atoms with Crippen LogP contribution in [0.3, 0.4) is 0 Å². The maximum absolute atomic E-state index is 10.4. The summed E-state index contributed by atoms with van der Waals surface area (Å²) in [4.78, 5) is 2.58. The molecule has 0 aliphatic heterocycles. The maximum atomic E-state index is 10.4. The lowest BCUT2D eigenvalue weighted by Crippen LogP contribution is -2.26. The number of hydrogen-bond donors (Lipinski definition) is 0. The highest BCUT2D eigenvalue weighted by Gasteiger charge is 2.54. The van der Waals surface area contributed by atoms with Crippen LogP contribution >= 0.6 is 0 Å². The molecule has 350 valence electrons. The second-order valence-electron chi connectivity index (χ2n) is 23.6. The third-order valence-corrected chi connectivity index (χ3v) is 19.7. The first-order valence-corrected chi connectivity index (χ1v) is 27.3. The first-order chi connectivity index (χ1) is 35.5. The van der Waals surface area contributed by atoms with E-state index in [0.29, 0.717) is 10.8 Å². The average Bonchev–Trinajstić information content (AvgIpc) is 4.33. The maximum Gasteiger partial charge on any atom is 0.0726 e. The monoisotopic (exact) mass is 922 g/mol. The number of rotatable bonds is 6. The number of para-hydroxylation sites is 1. The van der Waals surface area contributed by atoms with E-state index < -0.39 is 17.2 Å². The van der Waals surface area contributed by atoms with E-state index in [0.717, 1.165) is 55.6 Å². The summed E-state index contributed by atoms with van der Waals surface area (Å²) in [5, 5.41) is 0. The molecule has 2 unspecified atom stereocenters. The van der Waals surface area contributed by atoms with Crippen molar-refractivity contribution in [2.45, 2.75) is 126 Å². The molecule has 4 fully saturated rings. The van der Waals surface area contributed by atoms with Gasteiger partial charge in [-0.2, -0.15) is 0 Å². The van der Waals surface area contributed by atoms with Crippen LogP contribution in [0, 0.1) is 10.8 Å². The Kier molecular flexibility index (Phi) is 8.79. The number of hydrogen-bond acceptors (Lipinski definition) is 1. The van der Waals surface area contributed by atoms with Crippen LogP contribution in [0.15, 0.2) is 176 Å². The van der Waals surface area contributed by atoms with E-state index in [1.165, 1.54) is 140 Å². The van der Waals surface area contributed by atoms with Crippen molar-refractivity contribution in [3.05, 3.63) is 220 Å². The lowest BCUT2D eigenvalue weighted by Gasteiger charge is -2.33. The molecule has 15 rings (SSSR count). The van der Waals surface area contributed by atoms with Crippen molar-refractivity contribution >= 4 is 17.1 Å². The Bertz CT molecular complexity index is 3480. The van der Waals surface area contributed by atoms with Gasteiger partial charge in [0.15, 0.2) is 0 Å². The molecule has 0 bridgehead atoms. The number of anilines is 3. The first kappa shape index (κ1) is 40.2. The van der Waals surface area contributed by atoms with Crippen LogP contribution in [0.25, 0.3) is 44.5 Å². The molecule has 2 atom stereocenters. The highest BCUT2D eigenvalue weighted by Crippen LogP contribution is 2.67. The zero-order valence-electron chi connectivity index (χ0n) is 43.6. The second-order valence-corrected chi connectivity index (χ2v) is 23.6. The summed E-state index contributed by atoms with van der Waals surface area (Å²) in [6.07, 6.45) is 16.4. The molecule has 0 N–H and O–H groups in total. The predicted molar refractivity (Wildman–Crippen MR) is 295 cm³/mol. The summed E-state index contributed by atoms with van der Waals surface area (Å²) in [6.45, 7) is 4.78. The predicted octanol–water partition coefficient (Wildman–Crippen LogP) is 19.1. The molecule has 0 radical (unpaired) electrons. The van der Waals surface area contributed by atoms with E-state index >= 15 is 0 Å². The van der Waals surface area contributed by atoms with Crippen molar-refractivity contribution < 1.29 is 2.74 Å². The fourth-order valence-electron chi connectivity index (χ4n) is 16.3. The Hall–Kier alpha value is -6.44. The normalized spacial score (nSPS) is 25.4. The fraction of sp³-hybridized carbons (Fsp3) is 0.314. The largest absolute Gasteiger partial charge is 0.309 e. The summed E-state index contributed by atoms with van der Waals surface area (Å²) in [6, 6.07) is 67.2. The molecule has 0 aromatic heterocycles. The quantitative estimate of drug-likeness (QED) is 0.161. The van der Waals surface area contributed by atoms with Gasteiger partial charge in [0.25, 0.3) is 0 Å². The van der Waals surface area contributed by atoms with Crippen molar-refractivity contribution in [3.63, 3.8) is 0 Å². The molecule has 7 aliphatic carbocycles. The molecular formula is C70H65N. The number of benzene rings is 8. The van der Waals surface area contributed by atoms with Gasteiger partial charge in [0, 0.05) is 25.0 Å². The van der Waals surface area contributed by atoms with Crippen LogP contribution in [0.5, 0.6) is 0 Å². The molecule has 4 saturated carbocycles. The Morgan fingerprint density at radius 1 is 0.408 bits per heavy atom. The number of fused-ring (bicyclic) bond motifs is 13. The summed E-state index contributed by atoms with van der Waals surface area (Å²) < 4.78 is 20.8. The van der Waals surface area contributed by atoms with Gasteiger partial charge in [0.05, 0.1) is 16.8 Å². The molecule has 71 heavy (non-hydrogen) atoms. The van der Waals surface area contributed by atoms with E-state index in [2.05, 4.69) is 195 Å². The summed E-state index contributed by atoms with van der Waals surface area (Å²) in [5.74, 6) is -1.24. The Balaban J connectivity index is 0.991. The lowest BCUT2D eigenvalue weighted by molar-refractivity contribution is 0.304. The van der Waals surface area contributed by atoms with Crippen LogP contribution in [0.2, 0.25) is 0 Å². The smallest absolute Gasteiger partial charge is 0.0726 e. The number of nitrogens with zero attached hydrogens (tertiary/aromatic N) is 1. The molecule has 8 aromatic rings. The van der Waals surface area contributed by atoms with Crippen LogP contribution in [0.1, 0.15) is 163 Å².